The van der Waals surface area contributed by atoms with Crippen molar-refractivity contribution in [2.75, 3.05) is 40.4 Å². The minimum absolute atomic E-state index is 0.782. The van der Waals surface area contributed by atoms with Crippen molar-refractivity contribution < 1.29 is 4.74 Å². The Kier molecular flexibility index (Phi) is 8.37. The zero-order chi connectivity index (χ0) is 15.0. The molecule has 6 heteroatoms. The van der Waals surface area contributed by atoms with Crippen molar-refractivity contribution >= 4 is 15.9 Å². The molecule has 1 rings (SSSR count). The molecule has 20 heavy (non-hydrogen) atoms. The van der Waals surface area contributed by atoms with Crippen LogP contribution in [0.15, 0.2) is 4.47 Å². The average Bonchev–Trinajstić information content (AvgIpc) is 2.77. The summed E-state index contributed by atoms with van der Waals surface area (Å²) in [5.41, 5.74) is 2.38. The van der Waals surface area contributed by atoms with Crippen LogP contribution >= 0.6 is 15.9 Å². The van der Waals surface area contributed by atoms with Gasteiger partial charge in [0.15, 0.2) is 0 Å². The Hall–Kier alpha value is -0.430. The van der Waals surface area contributed by atoms with Crippen LogP contribution in [-0.4, -0.2) is 55.1 Å². The lowest BCUT2D eigenvalue weighted by Gasteiger charge is -2.16. The Labute approximate surface area is 130 Å². The van der Waals surface area contributed by atoms with Crippen LogP contribution in [0.25, 0.3) is 0 Å². The number of rotatable bonds is 10. The molecular formula is C14H27BrN4O. The highest BCUT2D eigenvalue weighted by atomic mass is 79.9. The van der Waals surface area contributed by atoms with E-state index in [0.717, 1.165) is 55.9 Å². The van der Waals surface area contributed by atoms with Gasteiger partial charge >= 0.3 is 0 Å². The van der Waals surface area contributed by atoms with Crippen molar-refractivity contribution in [3.63, 3.8) is 0 Å². The number of ether oxygens (including phenoxy) is 1. The lowest BCUT2D eigenvalue weighted by Crippen LogP contribution is -2.31. The summed E-state index contributed by atoms with van der Waals surface area (Å²) in [6.07, 6.45) is 0.959. The molecule has 1 heterocycles. The van der Waals surface area contributed by atoms with Gasteiger partial charge in [0.25, 0.3) is 0 Å². The Balaban J connectivity index is 2.40. The third-order valence-electron chi connectivity index (χ3n) is 3.33. The van der Waals surface area contributed by atoms with E-state index in [4.69, 9.17) is 4.74 Å². The summed E-state index contributed by atoms with van der Waals surface area (Å²) in [5, 5.41) is 8.09. The van der Waals surface area contributed by atoms with Crippen molar-refractivity contribution in [2.24, 2.45) is 0 Å². The molecule has 1 aromatic heterocycles. The minimum Gasteiger partial charge on any atom is -0.383 e. The van der Waals surface area contributed by atoms with Gasteiger partial charge in [-0.3, -0.25) is 4.68 Å². The fourth-order valence-electron chi connectivity index (χ4n) is 2.02. The van der Waals surface area contributed by atoms with E-state index >= 15 is 0 Å². The lowest BCUT2D eigenvalue weighted by atomic mass is 10.3. The van der Waals surface area contributed by atoms with Crippen LogP contribution in [0.5, 0.6) is 0 Å². The van der Waals surface area contributed by atoms with Gasteiger partial charge in [0.1, 0.15) is 0 Å². The van der Waals surface area contributed by atoms with E-state index in [1.54, 1.807) is 7.11 Å². The molecule has 0 aliphatic heterocycles. The molecule has 0 fully saturated rings. The van der Waals surface area contributed by atoms with Gasteiger partial charge < -0.3 is 15.0 Å². The van der Waals surface area contributed by atoms with Crippen molar-refractivity contribution in [3.05, 3.63) is 15.9 Å². The van der Waals surface area contributed by atoms with Crippen molar-refractivity contribution in [1.82, 2.24) is 20.0 Å². The van der Waals surface area contributed by atoms with E-state index in [1.807, 2.05) is 0 Å². The largest absolute Gasteiger partial charge is 0.383 e. The van der Waals surface area contributed by atoms with Gasteiger partial charge in [-0.25, -0.2) is 0 Å². The Morgan fingerprint density at radius 1 is 1.35 bits per heavy atom. The number of nitrogens with one attached hydrogen (secondary N) is 1. The highest BCUT2D eigenvalue weighted by Gasteiger charge is 2.13. The smallest absolute Gasteiger partial charge is 0.0767 e. The maximum absolute atomic E-state index is 5.07. The third kappa shape index (κ3) is 5.16. The van der Waals surface area contributed by atoms with Gasteiger partial charge in [0, 0.05) is 39.8 Å². The molecule has 1 N–H and O–H groups in total. The van der Waals surface area contributed by atoms with Crippen LogP contribution in [0.4, 0.5) is 0 Å². The number of hydrogen-bond donors (Lipinski definition) is 1. The molecule has 116 valence electrons. The summed E-state index contributed by atoms with van der Waals surface area (Å²) in [5.74, 6) is 0. The molecule has 1 aromatic rings. The number of hydrogen-bond acceptors (Lipinski definition) is 4. The van der Waals surface area contributed by atoms with Crippen molar-refractivity contribution in [3.8, 4) is 0 Å². The molecule has 0 unspecified atom stereocenters. The molecule has 0 atom stereocenters. The summed E-state index contributed by atoms with van der Waals surface area (Å²) in [4.78, 5) is 2.26. The third-order valence-corrected chi connectivity index (χ3v) is 4.25. The number of aromatic nitrogens is 2. The summed E-state index contributed by atoms with van der Waals surface area (Å²) in [6.45, 7) is 9.74. The zero-order valence-electron chi connectivity index (χ0n) is 13.1. The highest BCUT2D eigenvalue weighted by Crippen LogP contribution is 2.22. The summed E-state index contributed by atoms with van der Waals surface area (Å²) in [6, 6.07) is 0. The molecular weight excluding hydrogens is 320 g/mol. The monoisotopic (exact) mass is 346 g/mol. The molecule has 0 amide bonds. The predicted molar refractivity (Wildman–Crippen MR) is 86.1 cm³/mol. The quantitative estimate of drug-likeness (QED) is 0.657. The van der Waals surface area contributed by atoms with Crippen molar-refractivity contribution in [1.29, 1.82) is 0 Å². The first-order chi connectivity index (χ1) is 9.63. The summed E-state index contributed by atoms with van der Waals surface area (Å²) in [7, 11) is 3.85. The van der Waals surface area contributed by atoms with Crippen LogP contribution in [-0.2, 0) is 24.2 Å². The highest BCUT2D eigenvalue weighted by molar-refractivity contribution is 9.10. The first kappa shape index (κ1) is 17.6. The molecule has 0 aromatic carbocycles. The van der Waals surface area contributed by atoms with E-state index in [9.17, 15) is 0 Å². The van der Waals surface area contributed by atoms with E-state index < -0.39 is 0 Å². The van der Waals surface area contributed by atoms with Gasteiger partial charge in [0.2, 0.25) is 0 Å². The van der Waals surface area contributed by atoms with Crippen LogP contribution in [0, 0.1) is 0 Å². The molecule has 0 aliphatic carbocycles. The van der Waals surface area contributed by atoms with E-state index in [-0.39, 0.29) is 0 Å². The van der Waals surface area contributed by atoms with Crippen LogP contribution in [0.2, 0.25) is 0 Å². The fraction of sp³-hybridized carbons (Fsp3) is 0.786. The number of nitrogens with zero attached hydrogens (tertiary/aromatic N) is 3. The van der Waals surface area contributed by atoms with Gasteiger partial charge in [-0.05, 0) is 36.3 Å². The molecule has 0 aliphatic rings. The van der Waals surface area contributed by atoms with Crippen LogP contribution in [0.1, 0.15) is 25.2 Å². The number of methoxy groups -OCH3 is 1. The number of likely N-dealkylation sites (N-methyl/N-ethyl adjacent to an activating group) is 1. The zero-order valence-corrected chi connectivity index (χ0v) is 14.7. The van der Waals surface area contributed by atoms with E-state index in [0.29, 0.717) is 0 Å². The Morgan fingerprint density at radius 2 is 2.10 bits per heavy atom. The van der Waals surface area contributed by atoms with E-state index in [1.165, 1.54) is 5.69 Å². The molecule has 0 bridgehead atoms. The first-order valence-corrected chi connectivity index (χ1v) is 8.05. The topological polar surface area (TPSA) is 42.3 Å². The maximum atomic E-state index is 5.07. The summed E-state index contributed by atoms with van der Waals surface area (Å²) >= 11 is 3.67. The normalized spacial score (nSPS) is 11.5. The standard InChI is InChI=1S/C14H27BrN4O/c1-5-12-14(15)13(19(6-2)17-12)11-16-7-8-18(3)9-10-20-4/h16H,5-11H2,1-4H3. The Bertz CT molecular complexity index is 395. The maximum Gasteiger partial charge on any atom is 0.0767 e. The molecule has 0 saturated carbocycles. The second-order valence-electron chi connectivity index (χ2n) is 4.85. The van der Waals surface area contributed by atoms with Gasteiger partial charge in [0.05, 0.1) is 22.5 Å². The second kappa shape index (κ2) is 9.50. The predicted octanol–water partition coefficient (Wildman–Crippen LogP) is 1.90. The van der Waals surface area contributed by atoms with Gasteiger partial charge in [-0.1, -0.05) is 6.92 Å². The molecule has 0 saturated heterocycles. The summed E-state index contributed by atoms with van der Waals surface area (Å²) < 4.78 is 8.30. The average molecular weight is 347 g/mol. The second-order valence-corrected chi connectivity index (χ2v) is 5.64. The molecule has 0 radical (unpaired) electrons. The fourth-order valence-corrected chi connectivity index (χ4v) is 2.73. The van der Waals surface area contributed by atoms with Crippen LogP contribution in [0.3, 0.4) is 0 Å². The number of halogens is 1. The van der Waals surface area contributed by atoms with Gasteiger partial charge in [-0.15, -0.1) is 0 Å². The van der Waals surface area contributed by atoms with Crippen LogP contribution < -0.4 is 5.32 Å². The number of aryl methyl sites for hydroxylation is 2. The van der Waals surface area contributed by atoms with Gasteiger partial charge in [-0.2, -0.15) is 5.10 Å². The SMILES string of the molecule is CCc1nn(CC)c(CNCCN(C)CCOC)c1Br. The van der Waals surface area contributed by atoms with Crippen molar-refractivity contribution in [2.45, 2.75) is 33.4 Å². The minimum atomic E-state index is 0.782. The lowest BCUT2D eigenvalue weighted by molar-refractivity contribution is 0.161. The molecule has 5 nitrogen and oxygen atoms in total. The molecule has 0 spiro atoms. The Morgan fingerprint density at radius 3 is 2.70 bits per heavy atom. The van der Waals surface area contributed by atoms with E-state index in [2.05, 4.69) is 56.8 Å². The first-order valence-electron chi connectivity index (χ1n) is 7.26.